The summed E-state index contributed by atoms with van der Waals surface area (Å²) >= 11 is 6.36. The lowest BCUT2D eigenvalue weighted by Crippen LogP contribution is -2.62. The molecule has 0 radical (unpaired) electrons. The van der Waals surface area contributed by atoms with Crippen LogP contribution in [0, 0.1) is 12.8 Å². The molecule has 2 aromatic heterocycles. The third kappa shape index (κ3) is 5.36. The summed E-state index contributed by atoms with van der Waals surface area (Å²) in [6, 6.07) is 6.56. The topological polar surface area (TPSA) is 131 Å². The Labute approximate surface area is 216 Å². The molecular formula is C24H29ClN6O4S. The number of anilines is 2. The molecular weight excluding hydrogens is 504 g/mol. The SMILES string of the molecule is C#C.CC=O.CN1CCN(c2cc(-c3cc(Cl)c4c(N)ncnn34)ccc2S(C)(=O)=O)C(=O)C1(C)C. The molecule has 0 saturated carbocycles. The number of carbonyl (C=O) groups excluding carboxylic acids is 2. The molecule has 3 heterocycles. The first-order valence-electron chi connectivity index (χ1n) is 10.7. The third-order valence-corrected chi connectivity index (χ3v) is 7.30. The van der Waals surface area contributed by atoms with Crippen molar-refractivity contribution in [1.29, 1.82) is 0 Å². The van der Waals surface area contributed by atoms with E-state index in [0.29, 0.717) is 40.6 Å². The second-order valence-electron chi connectivity index (χ2n) is 8.41. The highest BCUT2D eigenvalue weighted by atomic mass is 35.5. The van der Waals surface area contributed by atoms with Gasteiger partial charge in [0.2, 0.25) is 5.91 Å². The van der Waals surface area contributed by atoms with E-state index in [-0.39, 0.29) is 16.6 Å². The molecule has 1 aliphatic heterocycles. The summed E-state index contributed by atoms with van der Waals surface area (Å²) in [6.07, 6.45) is 11.2. The first-order chi connectivity index (χ1) is 16.8. The fourth-order valence-electron chi connectivity index (χ4n) is 3.78. The Bertz CT molecular complexity index is 1410. The van der Waals surface area contributed by atoms with Gasteiger partial charge in [-0.15, -0.1) is 12.8 Å². The molecule has 3 aromatic rings. The smallest absolute Gasteiger partial charge is 0.247 e. The monoisotopic (exact) mass is 532 g/mol. The van der Waals surface area contributed by atoms with Crippen molar-refractivity contribution in [1.82, 2.24) is 19.5 Å². The van der Waals surface area contributed by atoms with Crippen LogP contribution in [0.2, 0.25) is 5.02 Å². The third-order valence-electron chi connectivity index (χ3n) is 5.86. The number of likely N-dealkylation sites (N-methyl/N-ethyl adjacent to an activating group) is 1. The largest absolute Gasteiger partial charge is 0.382 e. The number of benzene rings is 1. The first kappa shape index (κ1) is 28.8. The minimum Gasteiger partial charge on any atom is -0.382 e. The number of aromatic nitrogens is 3. The highest BCUT2D eigenvalue weighted by Gasteiger charge is 2.41. The Morgan fingerprint density at radius 3 is 2.39 bits per heavy atom. The highest BCUT2D eigenvalue weighted by molar-refractivity contribution is 7.90. The van der Waals surface area contributed by atoms with Crippen LogP contribution < -0.4 is 10.6 Å². The molecule has 0 aliphatic carbocycles. The number of amides is 1. The average Bonchev–Trinajstić information content (AvgIpc) is 3.16. The van der Waals surface area contributed by atoms with E-state index in [9.17, 15) is 13.2 Å². The minimum absolute atomic E-state index is 0.0889. The molecule has 36 heavy (non-hydrogen) atoms. The van der Waals surface area contributed by atoms with Gasteiger partial charge in [0.15, 0.2) is 15.7 Å². The van der Waals surface area contributed by atoms with Gasteiger partial charge in [-0.2, -0.15) is 5.10 Å². The Morgan fingerprint density at radius 1 is 1.19 bits per heavy atom. The zero-order chi connectivity index (χ0) is 27.4. The molecule has 1 aliphatic rings. The number of hydrogen-bond acceptors (Lipinski definition) is 8. The summed E-state index contributed by atoms with van der Waals surface area (Å²) in [5, 5.41) is 4.61. The minimum atomic E-state index is -3.59. The van der Waals surface area contributed by atoms with Crippen molar-refractivity contribution in [2.45, 2.75) is 31.2 Å². The van der Waals surface area contributed by atoms with Crippen molar-refractivity contribution in [2.75, 3.05) is 37.0 Å². The van der Waals surface area contributed by atoms with Crippen molar-refractivity contribution in [3.8, 4) is 24.1 Å². The molecule has 0 bridgehead atoms. The van der Waals surface area contributed by atoms with Crippen molar-refractivity contribution in [2.24, 2.45) is 0 Å². The first-order valence-corrected chi connectivity index (χ1v) is 13.0. The van der Waals surface area contributed by atoms with Gasteiger partial charge in [-0.25, -0.2) is 17.9 Å². The van der Waals surface area contributed by atoms with E-state index in [1.54, 1.807) is 27.6 Å². The quantitative estimate of drug-likeness (QED) is 0.402. The number of rotatable bonds is 3. The van der Waals surface area contributed by atoms with Crippen LogP contribution in [0.3, 0.4) is 0 Å². The van der Waals surface area contributed by atoms with Crippen molar-refractivity contribution < 1.29 is 18.0 Å². The van der Waals surface area contributed by atoms with E-state index in [0.717, 1.165) is 12.5 Å². The van der Waals surface area contributed by atoms with E-state index in [4.69, 9.17) is 22.1 Å². The van der Waals surface area contributed by atoms with Crippen LogP contribution in [-0.2, 0) is 19.4 Å². The van der Waals surface area contributed by atoms with E-state index >= 15 is 0 Å². The van der Waals surface area contributed by atoms with Gasteiger partial charge in [-0.3, -0.25) is 9.69 Å². The lowest BCUT2D eigenvalue weighted by atomic mass is 9.97. The molecule has 1 saturated heterocycles. The molecule has 4 rings (SSSR count). The maximum atomic E-state index is 13.3. The fourth-order valence-corrected chi connectivity index (χ4v) is 4.93. The van der Waals surface area contributed by atoms with Gasteiger partial charge in [-0.05, 0) is 46.0 Å². The average molecular weight is 533 g/mol. The summed E-state index contributed by atoms with van der Waals surface area (Å²) in [5.74, 6) is 0.0585. The van der Waals surface area contributed by atoms with E-state index in [1.165, 1.54) is 19.3 Å². The summed E-state index contributed by atoms with van der Waals surface area (Å²) in [5.41, 5.74) is 7.22. The number of halogens is 1. The van der Waals surface area contributed by atoms with Gasteiger partial charge in [-0.1, -0.05) is 17.7 Å². The van der Waals surface area contributed by atoms with Crippen LogP contribution in [-0.4, -0.2) is 72.0 Å². The summed E-state index contributed by atoms with van der Waals surface area (Å²) < 4.78 is 26.6. The van der Waals surface area contributed by atoms with Crippen molar-refractivity contribution in [3.05, 3.63) is 35.6 Å². The predicted molar refractivity (Wildman–Crippen MR) is 142 cm³/mol. The van der Waals surface area contributed by atoms with Gasteiger partial charge >= 0.3 is 0 Å². The highest BCUT2D eigenvalue weighted by Crippen LogP contribution is 2.37. The Kier molecular flexibility index (Phi) is 8.85. The van der Waals surface area contributed by atoms with Crippen LogP contribution in [0.25, 0.3) is 16.8 Å². The van der Waals surface area contributed by atoms with Crippen LogP contribution in [0.4, 0.5) is 11.5 Å². The maximum absolute atomic E-state index is 13.3. The molecule has 0 unspecified atom stereocenters. The number of aldehydes is 1. The van der Waals surface area contributed by atoms with Crippen molar-refractivity contribution >= 4 is 50.7 Å². The van der Waals surface area contributed by atoms with Gasteiger partial charge in [0.25, 0.3) is 0 Å². The number of terminal acetylenes is 1. The van der Waals surface area contributed by atoms with Gasteiger partial charge in [0, 0.05) is 24.9 Å². The lowest BCUT2D eigenvalue weighted by Gasteiger charge is -2.44. The Hall–Kier alpha value is -3.46. The zero-order valence-corrected chi connectivity index (χ0v) is 22.3. The molecule has 1 amide bonds. The van der Waals surface area contributed by atoms with Crippen LogP contribution in [0.15, 0.2) is 35.5 Å². The second kappa shape index (κ2) is 11.1. The van der Waals surface area contributed by atoms with E-state index in [1.807, 2.05) is 25.8 Å². The molecule has 1 aromatic carbocycles. The zero-order valence-electron chi connectivity index (χ0n) is 20.8. The number of sulfone groups is 1. The Balaban J connectivity index is 0.000000850. The lowest BCUT2D eigenvalue weighted by molar-refractivity contribution is -0.130. The second-order valence-corrected chi connectivity index (χ2v) is 10.8. The van der Waals surface area contributed by atoms with Crippen molar-refractivity contribution in [3.63, 3.8) is 0 Å². The summed E-state index contributed by atoms with van der Waals surface area (Å²) in [6.45, 7) is 6.07. The standard InChI is InChI=1S/C20H23ClN6O3S.C2H4O.C2H2/c1-20(2)19(28)26(8-7-25(20)3)15-9-12(5-6-16(15)31(4,29)30)14-10-13(21)17-18(22)23-11-24-27(14)17;1-2-3;1-2/h5-6,9-11H,7-8H2,1-4H3,(H2,22,23,24);2H,1H3;1-2H. The fraction of sp³-hybridized carbons (Fsp3) is 0.333. The Morgan fingerprint density at radius 2 is 1.81 bits per heavy atom. The molecule has 10 nitrogen and oxygen atoms in total. The number of nitrogens with two attached hydrogens (primary N) is 1. The molecule has 0 atom stereocenters. The van der Waals surface area contributed by atoms with Gasteiger partial charge in [0.1, 0.15) is 18.1 Å². The maximum Gasteiger partial charge on any atom is 0.247 e. The summed E-state index contributed by atoms with van der Waals surface area (Å²) in [4.78, 5) is 29.6. The van der Waals surface area contributed by atoms with E-state index < -0.39 is 15.4 Å². The molecule has 1 fully saturated rings. The predicted octanol–water partition coefficient (Wildman–Crippen LogP) is 2.55. The number of fused-ring (bicyclic) bond motifs is 1. The molecule has 2 N–H and O–H groups in total. The van der Waals surface area contributed by atoms with E-state index in [2.05, 4.69) is 22.9 Å². The van der Waals surface area contributed by atoms with Crippen LogP contribution in [0.5, 0.6) is 0 Å². The molecule has 0 spiro atoms. The number of nitrogen functional groups attached to an aromatic ring is 1. The molecule has 192 valence electrons. The normalized spacial score (nSPS) is 15.4. The van der Waals surface area contributed by atoms with Crippen LogP contribution in [0.1, 0.15) is 20.8 Å². The number of nitrogens with zero attached hydrogens (tertiary/aromatic N) is 5. The molecule has 12 heteroatoms. The number of hydrogen-bond donors (Lipinski definition) is 1. The summed E-state index contributed by atoms with van der Waals surface area (Å²) in [7, 11) is -1.71. The van der Waals surface area contributed by atoms with Crippen LogP contribution >= 0.6 is 11.6 Å². The number of piperazine rings is 1. The van der Waals surface area contributed by atoms with Gasteiger partial charge in [0.05, 0.1) is 26.8 Å². The van der Waals surface area contributed by atoms with Gasteiger partial charge < -0.3 is 15.4 Å². The number of carbonyl (C=O) groups is 2.